The molecule has 0 aliphatic heterocycles. The Morgan fingerprint density at radius 1 is 1.26 bits per heavy atom. The Labute approximate surface area is 113 Å². The van der Waals surface area contributed by atoms with Crippen LogP contribution in [0.4, 0.5) is 0 Å². The average molecular weight is 283 g/mol. The zero-order chi connectivity index (χ0) is 14.6. The molecule has 0 aliphatic rings. The van der Waals surface area contributed by atoms with Gasteiger partial charge in [0.1, 0.15) is 5.70 Å². The van der Waals surface area contributed by atoms with Crippen molar-refractivity contribution in [2.45, 2.75) is 25.7 Å². The quantitative estimate of drug-likeness (QED) is 0.808. The Kier molecular flexibility index (Phi) is 4.72. The van der Waals surface area contributed by atoms with Crippen molar-refractivity contribution in [2.24, 2.45) is 5.92 Å². The molecule has 1 aromatic rings. The molecule has 0 amide bonds. The smallest absolute Gasteiger partial charge is 0.352 e. The first kappa shape index (κ1) is 15.2. The van der Waals surface area contributed by atoms with Gasteiger partial charge in [-0.3, -0.25) is 4.72 Å². The lowest BCUT2D eigenvalue weighted by Crippen LogP contribution is -2.28. The van der Waals surface area contributed by atoms with Crippen LogP contribution in [-0.2, 0) is 14.8 Å². The van der Waals surface area contributed by atoms with Crippen molar-refractivity contribution < 1.29 is 18.3 Å². The van der Waals surface area contributed by atoms with Gasteiger partial charge in [-0.1, -0.05) is 37.6 Å². The first-order valence-electron chi connectivity index (χ1n) is 5.77. The number of aliphatic carboxylic acids is 1. The van der Waals surface area contributed by atoms with Crippen LogP contribution in [0.2, 0.25) is 0 Å². The Balaban J connectivity index is 3.08. The van der Waals surface area contributed by atoms with E-state index in [1.807, 2.05) is 6.92 Å². The maximum absolute atomic E-state index is 12.0. The standard InChI is InChI=1S/C13H17NO4S/c1-9(2)8-12(13(15)16)14-19(17,18)11-6-4-10(3)5-7-11/h4-9,14H,1-3H3,(H,15,16)/b12-8+. The predicted molar refractivity (Wildman–Crippen MR) is 72.1 cm³/mol. The van der Waals surface area contributed by atoms with Crippen molar-refractivity contribution >= 4 is 16.0 Å². The van der Waals surface area contributed by atoms with Crippen molar-refractivity contribution in [1.82, 2.24) is 4.72 Å². The molecule has 0 saturated heterocycles. The summed E-state index contributed by atoms with van der Waals surface area (Å²) in [4.78, 5) is 11.0. The van der Waals surface area contributed by atoms with Gasteiger partial charge in [0.25, 0.3) is 10.0 Å². The van der Waals surface area contributed by atoms with E-state index in [-0.39, 0.29) is 16.5 Å². The fourth-order valence-electron chi connectivity index (χ4n) is 1.40. The number of aryl methyl sites for hydroxylation is 1. The van der Waals surface area contributed by atoms with Gasteiger partial charge in [-0.15, -0.1) is 0 Å². The maximum Gasteiger partial charge on any atom is 0.352 e. The molecular weight excluding hydrogens is 266 g/mol. The third kappa shape index (κ3) is 4.40. The topological polar surface area (TPSA) is 83.5 Å². The van der Waals surface area contributed by atoms with Crippen LogP contribution in [0.5, 0.6) is 0 Å². The van der Waals surface area contributed by atoms with Crippen molar-refractivity contribution in [3.05, 3.63) is 41.6 Å². The zero-order valence-corrected chi connectivity index (χ0v) is 11.9. The second-order valence-corrected chi connectivity index (χ2v) is 6.23. The number of rotatable bonds is 5. The fraction of sp³-hybridized carbons (Fsp3) is 0.308. The molecule has 1 aromatic carbocycles. The van der Waals surface area contributed by atoms with Gasteiger partial charge in [0.15, 0.2) is 0 Å². The van der Waals surface area contributed by atoms with E-state index < -0.39 is 16.0 Å². The second kappa shape index (κ2) is 5.88. The summed E-state index contributed by atoms with van der Waals surface area (Å²) in [5.74, 6) is -1.38. The molecule has 0 saturated carbocycles. The molecule has 5 nitrogen and oxygen atoms in total. The Morgan fingerprint density at radius 2 is 1.79 bits per heavy atom. The fourth-order valence-corrected chi connectivity index (χ4v) is 2.46. The Bertz CT molecular complexity index is 586. The van der Waals surface area contributed by atoms with E-state index in [1.54, 1.807) is 26.0 Å². The van der Waals surface area contributed by atoms with E-state index in [2.05, 4.69) is 4.72 Å². The first-order chi connectivity index (χ1) is 8.72. The largest absolute Gasteiger partial charge is 0.477 e. The van der Waals surface area contributed by atoms with Gasteiger partial charge in [0.2, 0.25) is 0 Å². The molecule has 0 bridgehead atoms. The van der Waals surface area contributed by atoms with E-state index in [9.17, 15) is 13.2 Å². The van der Waals surface area contributed by atoms with Crippen LogP contribution in [-0.4, -0.2) is 19.5 Å². The zero-order valence-electron chi connectivity index (χ0n) is 11.0. The van der Waals surface area contributed by atoms with Gasteiger partial charge in [-0.05, 0) is 25.0 Å². The number of nitrogens with one attached hydrogen (secondary N) is 1. The van der Waals surface area contributed by atoms with Crippen LogP contribution < -0.4 is 4.72 Å². The molecule has 0 spiro atoms. The maximum atomic E-state index is 12.0. The molecule has 19 heavy (non-hydrogen) atoms. The first-order valence-corrected chi connectivity index (χ1v) is 7.25. The molecule has 0 aliphatic carbocycles. The van der Waals surface area contributed by atoms with Gasteiger partial charge in [0.05, 0.1) is 4.90 Å². The SMILES string of the molecule is Cc1ccc(S(=O)(=O)N/C(=C/C(C)C)C(=O)O)cc1. The number of carbonyl (C=O) groups is 1. The van der Waals surface area contributed by atoms with E-state index in [0.717, 1.165) is 5.56 Å². The average Bonchev–Trinajstić information content (AvgIpc) is 2.27. The summed E-state index contributed by atoms with van der Waals surface area (Å²) < 4.78 is 26.1. The van der Waals surface area contributed by atoms with Crippen molar-refractivity contribution in [1.29, 1.82) is 0 Å². The highest BCUT2D eigenvalue weighted by molar-refractivity contribution is 7.89. The number of carboxylic acid groups (broad SMARTS) is 1. The summed E-state index contributed by atoms with van der Waals surface area (Å²) in [5, 5.41) is 8.98. The van der Waals surface area contributed by atoms with Crippen molar-refractivity contribution in [3.8, 4) is 0 Å². The van der Waals surface area contributed by atoms with E-state index in [0.29, 0.717) is 0 Å². The third-order valence-electron chi connectivity index (χ3n) is 2.31. The van der Waals surface area contributed by atoms with E-state index in [1.165, 1.54) is 18.2 Å². The van der Waals surface area contributed by atoms with Crippen LogP contribution in [0.15, 0.2) is 40.9 Å². The van der Waals surface area contributed by atoms with Gasteiger partial charge in [-0.25, -0.2) is 13.2 Å². The molecule has 0 heterocycles. The molecule has 0 radical (unpaired) electrons. The number of allylic oxidation sites excluding steroid dienone is 1. The van der Waals surface area contributed by atoms with Gasteiger partial charge < -0.3 is 5.11 Å². The summed E-state index contributed by atoms with van der Waals surface area (Å²) in [6.45, 7) is 5.37. The number of benzene rings is 1. The van der Waals surface area contributed by atoms with Crippen LogP contribution in [0.1, 0.15) is 19.4 Å². The van der Waals surface area contributed by atoms with E-state index >= 15 is 0 Å². The minimum absolute atomic E-state index is 0.0361. The minimum Gasteiger partial charge on any atom is -0.477 e. The highest BCUT2D eigenvalue weighted by Gasteiger charge is 2.19. The summed E-state index contributed by atoms with van der Waals surface area (Å²) >= 11 is 0. The summed E-state index contributed by atoms with van der Waals surface area (Å²) in [6, 6.07) is 6.18. The molecule has 6 heteroatoms. The lowest BCUT2D eigenvalue weighted by Gasteiger charge is -2.09. The lowest BCUT2D eigenvalue weighted by molar-refractivity contribution is -0.132. The highest BCUT2D eigenvalue weighted by Crippen LogP contribution is 2.12. The van der Waals surface area contributed by atoms with Gasteiger partial charge in [0, 0.05) is 0 Å². The molecular formula is C13H17NO4S. The monoisotopic (exact) mass is 283 g/mol. The van der Waals surface area contributed by atoms with Crippen LogP contribution in [0, 0.1) is 12.8 Å². The number of hydrogen-bond donors (Lipinski definition) is 2. The highest BCUT2D eigenvalue weighted by atomic mass is 32.2. The molecule has 104 valence electrons. The third-order valence-corrected chi connectivity index (χ3v) is 3.69. The normalized spacial score (nSPS) is 12.5. The molecule has 0 aromatic heterocycles. The molecule has 0 fully saturated rings. The molecule has 0 atom stereocenters. The summed E-state index contributed by atoms with van der Waals surface area (Å²) in [5.41, 5.74) is 0.589. The van der Waals surface area contributed by atoms with Crippen molar-refractivity contribution in [2.75, 3.05) is 0 Å². The molecule has 1 rings (SSSR count). The Hall–Kier alpha value is -1.82. The molecule has 0 unspecified atom stereocenters. The van der Waals surface area contributed by atoms with Crippen LogP contribution >= 0.6 is 0 Å². The minimum atomic E-state index is -3.87. The van der Waals surface area contributed by atoms with Crippen molar-refractivity contribution in [3.63, 3.8) is 0 Å². The van der Waals surface area contributed by atoms with Gasteiger partial charge in [-0.2, -0.15) is 0 Å². The Morgan fingerprint density at radius 3 is 2.21 bits per heavy atom. The second-order valence-electron chi connectivity index (χ2n) is 4.55. The summed E-state index contributed by atoms with van der Waals surface area (Å²) in [6.07, 6.45) is 1.36. The predicted octanol–water partition coefficient (Wildman–Crippen LogP) is 1.90. The number of sulfonamides is 1. The molecule has 2 N–H and O–H groups in total. The van der Waals surface area contributed by atoms with E-state index in [4.69, 9.17) is 5.11 Å². The number of carboxylic acids is 1. The van der Waals surface area contributed by atoms with Crippen LogP contribution in [0.25, 0.3) is 0 Å². The van der Waals surface area contributed by atoms with Crippen LogP contribution in [0.3, 0.4) is 0 Å². The lowest BCUT2D eigenvalue weighted by atomic mass is 10.2. The van der Waals surface area contributed by atoms with Gasteiger partial charge >= 0.3 is 5.97 Å². The summed E-state index contributed by atoms with van der Waals surface area (Å²) in [7, 11) is -3.87. The number of hydrogen-bond acceptors (Lipinski definition) is 3.